The van der Waals surface area contributed by atoms with Crippen LogP contribution < -0.4 is 10.6 Å². The van der Waals surface area contributed by atoms with Crippen LogP contribution in [-0.4, -0.2) is 48.8 Å². The Balaban J connectivity index is 1.63. The highest BCUT2D eigenvalue weighted by Crippen LogP contribution is 2.23. The minimum absolute atomic E-state index is 0.0212. The van der Waals surface area contributed by atoms with Crippen molar-refractivity contribution in [3.05, 3.63) is 48.0 Å². The Morgan fingerprint density at radius 1 is 1.07 bits per heavy atom. The van der Waals surface area contributed by atoms with Crippen LogP contribution in [0.25, 0.3) is 10.8 Å². The highest BCUT2D eigenvalue weighted by atomic mass is 16.2. The van der Waals surface area contributed by atoms with E-state index in [0.717, 1.165) is 30.0 Å². The van der Waals surface area contributed by atoms with E-state index in [4.69, 9.17) is 0 Å². The third-order valence-corrected chi connectivity index (χ3v) is 5.09. The molecule has 1 unspecified atom stereocenters. The monoisotopic (exact) mass is 381 g/mol. The number of rotatable bonds is 6. The Labute approximate surface area is 165 Å². The SMILES string of the molecule is CCCNC(=O)CNC(=O)C1CCCN(C(=O)c2cccc3ccccc23)C1. The third kappa shape index (κ3) is 4.68. The first-order valence-corrected chi connectivity index (χ1v) is 9.91. The molecule has 3 amide bonds. The van der Waals surface area contributed by atoms with Crippen molar-refractivity contribution >= 4 is 28.5 Å². The van der Waals surface area contributed by atoms with Crippen molar-refractivity contribution in [2.75, 3.05) is 26.2 Å². The Morgan fingerprint density at radius 2 is 1.86 bits per heavy atom. The lowest BCUT2D eigenvalue weighted by Crippen LogP contribution is -2.47. The summed E-state index contributed by atoms with van der Waals surface area (Å²) in [7, 11) is 0. The number of hydrogen-bond donors (Lipinski definition) is 2. The number of likely N-dealkylation sites (tertiary alicyclic amines) is 1. The summed E-state index contributed by atoms with van der Waals surface area (Å²) in [5.41, 5.74) is 0.665. The first kappa shape index (κ1) is 19.9. The van der Waals surface area contributed by atoms with Crippen LogP contribution in [0.1, 0.15) is 36.5 Å². The van der Waals surface area contributed by atoms with Gasteiger partial charge in [0.15, 0.2) is 0 Å². The first-order chi connectivity index (χ1) is 13.6. The van der Waals surface area contributed by atoms with Gasteiger partial charge in [0, 0.05) is 25.2 Å². The van der Waals surface area contributed by atoms with Gasteiger partial charge in [0.2, 0.25) is 11.8 Å². The van der Waals surface area contributed by atoms with Gasteiger partial charge in [-0.2, -0.15) is 0 Å². The van der Waals surface area contributed by atoms with Crippen molar-refractivity contribution in [1.82, 2.24) is 15.5 Å². The average Bonchev–Trinajstić information content (AvgIpc) is 2.75. The summed E-state index contributed by atoms with van der Waals surface area (Å²) in [6, 6.07) is 13.5. The quantitative estimate of drug-likeness (QED) is 0.806. The maximum absolute atomic E-state index is 13.1. The summed E-state index contributed by atoms with van der Waals surface area (Å²) in [5.74, 6) is -0.682. The summed E-state index contributed by atoms with van der Waals surface area (Å²) >= 11 is 0. The zero-order chi connectivity index (χ0) is 19.9. The second-order valence-corrected chi connectivity index (χ2v) is 7.18. The maximum atomic E-state index is 13.1. The normalized spacial score (nSPS) is 16.6. The van der Waals surface area contributed by atoms with Gasteiger partial charge in [-0.05, 0) is 36.1 Å². The average molecular weight is 381 g/mol. The Bertz CT molecular complexity index is 860. The molecule has 0 radical (unpaired) electrons. The highest BCUT2D eigenvalue weighted by molar-refractivity contribution is 6.07. The predicted molar refractivity (Wildman–Crippen MR) is 109 cm³/mol. The van der Waals surface area contributed by atoms with E-state index in [9.17, 15) is 14.4 Å². The van der Waals surface area contributed by atoms with Crippen LogP contribution in [0.4, 0.5) is 0 Å². The zero-order valence-corrected chi connectivity index (χ0v) is 16.2. The van der Waals surface area contributed by atoms with E-state index >= 15 is 0 Å². The molecule has 2 aromatic carbocycles. The van der Waals surface area contributed by atoms with Gasteiger partial charge >= 0.3 is 0 Å². The minimum atomic E-state index is -0.286. The predicted octanol–water partition coefficient (Wildman–Crippen LogP) is 2.33. The number of piperidine rings is 1. The van der Waals surface area contributed by atoms with Crippen LogP contribution in [0.3, 0.4) is 0 Å². The molecule has 1 saturated heterocycles. The zero-order valence-electron chi connectivity index (χ0n) is 16.2. The molecular weight excluding hydrogens is 354 g/mol. The fraction of sp³-hybridized carbons (Fsp3) is 0.409. The molecule has 0 saturated carbocycles. The number of amides is 3. The van der Waals surface area contributed by atoms with Crippen molar-refractivity contribution in [2.45, 2.75) is 26.2 Å². The number of carbonyl (C=O) groups is 3. The molecule has 6 nitrogen and oxygen atoms in total. The fourth-order valence-corrected chi connectivity index (χ4v) is 3.60. The van der Waals surface area contributed by atoms with Crippen LogP contribution in [0.15, 0.2) is 42.5 Å². The summed E-state index contributed by atoms with van der Waals surface area (Å²) in [6.07, 6.45) is 2.35. The summed E-state index contributed by atoms with van der Waals surface area (Å²) in [6.45, 7) is 3.58. The van der Waals surface area contributed by atoms with Crippen LogP contribution in [0, 0.1) is 5.92 Å². The van der Waals surface area contributed by atoms with Gasteiger partial charge in [0.1, 0.15) is 0 Å². The van der Waals surface area contributed by atoms with Crippen molar-refractivity contribution in [1.29, 1.82) is 0 Å². The molecule has 1 heterocycles. The van der Waals surface area contributed by atoms with E-state index in [1.165, 1.54) is 0 Å². The van der Waals surface area contributed by atoms with E-state index in [-0.39, 0.29) is 30.2 Å². The van der Waals surface area contributed by atoms with E-state index < -0.39 is 0 Å². The Morgan fingerprint density at radius 3 is 2.68 bits per heavy atom. The van der Waals surface area contributed by atoms with Gasteiger partial charge in [-0.3, -0.25) is 14.4 Å². The molecular formula is C22H27N3O3. The standard InChI is InChI=1S/C22H27N3O3/c1-2-12-23-20(26)14-24-21(27)17-9-6-13-25(15-17)22(28)19-11-5-8-16-7-3-4-10-18(16)19/h3-5,7-8,10-11,17H,2,6,9,12-15H2,1H3,(H,23,26)(H,24,27). The van der Waals surface area contributed by atoms with Crippen LogP contribution in [-0.2, 0) is 9.59 Å². The largest absolute Gasteiger partial charge is 0.355 e. The van der Waals surface area contributed by atoms with E-state index in [1.54, 1.807) is 4.90 Å². The molecule has 28 heavy (non-hydrogen) atoms. The molecule has 2 N–H and O–H groups in total. The van der Waals surface area contributed by atoms with Gasteiger partial charge in [0.25, 0.3) is 5.91 Å². The molecule has 148 valence electrons. The number of benzene rings is 2. The topological polar surface area (TPSA) is 78.5 Å². The van der Waals surface area contributed by atoms with Crippen molar-refractivity contribution in [3.8, 4) is 0 Å². The summed E-state index contributed by atoms with van der Waals surface area (Å²) in [4.78, 5) is 39.0. The van der Waals surface area contributed by atoms with Gasteiger partial charge in [0.05, 0.1) is 12.5 Å². The molecule has 3 rings (SSSR count). The Kier molecular flexibility index (Phi) is 6.63. The first-order valence-electron chi connectivity index (χ1n) is 9.91. The minimum Gasteiger partial charge on any atom is -0.355 e. The van der Waals surface area contributed by atoms with Gasteiger partial charge in [-0.25, -0.2) is 0 Å². The second kappa shape index (κ2) is 9.35. The van der Waals surface area contributed by atoms with Crippen LogP contribution in [0.5, 0.6) is 0 Å². The Hall–Kier alpha value is -2.89. The molecule has 0 bridgehead atoms. The molecule has 1 atom stereocenters. The lowest BCUT2D eigenvalue weighted by molar-refractivity contribution is -0.129. The second-order valence-electron chi connectivity index (χ2n) is 7.18. The number of carbonyl (C=O) groups excluding carboxylic acids is 3. The summed E-state index contributed by atoms with van der Waals surface area (Å²) in [5, 5.41) is 7.39. The van der Waals surface area contributed by atoms with Crippen molar-refractivity contribution in [3.63, 3.8) is 0 Å². The van der Waals surface area contributed by atoms with Gasteiger partial charge in [-0.1, -0.05) is 43.3 Å². The fourth-order valence-electron chi connectivity index (χ4n) is 3.60. The number of nitrogens with zero attached hydrogens (tertiary/aromatic N) is 1. The van der Waals surface area contributed by atoms with Crippen molar-refractivity contribution in [2.24, 2.45) is 5.92 Å². The molecule has 1 fully saturated rings. The molecule has 6 heteroatoms. The smallest absolute Gasteiger partial charge is 0.254 e. The molecule has 1 aliphatic heterocycles. The number of fused-ring (bicyclic) bond motifs is 1. The van der Waals surface area contributed by atoms with E-state index in [2.05, 4.69) is 10.6 Å². The summed E-state index contributed by atoms with van der Waals surface area (Å²) < 4.78 is 0. The van der Waals surface area contributed by atoms with Crippen molar-refractivity contribution < 1.29 is 14.4 Å². The van der Waals surface area contributed by atoms with E-state index in [0.29, 0.717) is 25.2 Å². The molecule has 1 aliphatic rings. The van der Waals surface area contributed by atoms with Crippen LogP contribution in [0.2, 0.25) is 0 Å². The van der Waals surface area contributed by atoms with Gasteiger partial charge in [-0.15, -0.1) is 0 Å². The van der Waals surface area contributed by atoms with Crippen LogP contribution >= 0.6 is 0 Å². The number of nitrogens with one attached hydrogen (secondary N) is 2. The molecule has 0 spiro atoms. The molecule has 2 aromatic rings. The third-order valence-electron chi connectivity index (χ3n) is 5.09. The number of hydrogen-bond acceptors (Lipinski definition) is 3. The highest BCUT2D eigenvalue weighted by Gasteiger charge is 2.29. The lowest BCUT2D eigenvalue weighted by atomic mass is 9.95. The van der Waals surface area contributed by atoms with Gasteiger partial charge < -0.3 is 15.5 Å². The van der Waals surface area contributed by atoms with E-state index in [1.807, 2.05) is 49.4 Å². The molecule has 0 aromatic heterocycles. The molecule has 0 aliphatic carbocycles. The lowest BCUT2D eigenvalue weighted by Gasteiger charge is -2.32. The maximum Gasteiger partial charge on any atom is 0.254 e.